The van der Waals surface area contributed by atoms with Gasteiger partial charge in [0.2, 0.25) is 0 Å². The van der Waals surface area contributed by atoms with Crippen molar-refractivity contribution in [1.29, 1.82) is 0 Å². The standard InChI is InChI=1S/C51H32N4S/c1-4-16-33(17-5-1)37-24-15-29-46-47(37)41-26-14-25-40(48(41)56-46)42-32-36(30-31-45(42)55-43-27-12-10-22-38(43)39-23-11-13-28-44(39)55)51-53-49(34-18-6-2-7-19-34)52-50(54-51)35-20-8-3-9-21-35/h1-32H/i1D,14D,16D,17D,24D,25D,26D,29D. The lowest BCUT2D eigenvalue weighted by Gasteiger charge is -2.17. The van der Waals surface area contributed by atoms with Crippen LogP contribution in [0, 0.1) is 0 Å². The van der Waals surface area contributed by atoms with Crippen LogP contribution >= 0.6 is 11.3 Å². The minimum atomic E-state index is -0.356. The van der Waals surface area contributed by atoms with E-state index in [2.05, 4.69) is 16.7 Å². The second-order valence-electron chi connectivity index (χ2n) is 13.3. The number of hydrogen-bond acceptors (Lipinski definition) is 4. The van der Waals surface area contributed by atoms with Gasteiger partial charge in [0.1, 0.15) is 0 Å². The zero-order valence-electron chi connectivity index (χ0n) is 37.6. The molecule has 3 heterocycles. The van der Waals surface area contributed by atoms with Gasteiger partial charge in [0.25, 0.3) is 0 Å². The van der Waals surface area contributed by atoms with E-state index in [1.807, 2.05) is 115 Å². The average molecular weight is 741 g/mol. The van der Waals surface area contributed by atoms with E-state index in [4.69, 9.17) is 21.8 Å². The Balaban J connectivity index is 1.28. The third kappa shape index (κ3) is 5.32. The molecule has 0 aliphatic carbocycles. The van der Waals surface area contributed by atoms with Gasteiger partial charge >= 0.3 is 0 Å². The first kappa shape index (κ1) is 25.0. The van der Waals surface area contributed by atoms with E-state index in [0.29, 0.717) is 54.6 Å². The smallest absolute Gasteiger partial charge is 0.164 e. The van der Waals surface area contributed by atoms with Crippen molar-refractivity contribution in [2.24, 2.45) is 0 Å². The Bertz CT molecular complexity index is 3590. The molecule has 0 amide bonds. The van der Waals surface area contributed by atoms with Crippen molar-refractivity contribution in [1.82, 2.24) is 19.5 Å². The van der Waals surface area contributed by atoms with Crippen LogP contribution in [0.3, 0.4) is 0 Å². The first-order valence-corrected chi connectivity index (χ1v) is 18.9. The summed E-state index contributed by atoms with van der Waals surface area (Å²) in [5.74, 6) is 1.32. The van der Waals surface area contributed by atoms with E-state index in [9.17, 15) is 4.11 Å². The van der Waals surface area contributed by atoms with Crippen molar-refractivity contribution < 1.29 is 11.0 Å². The maximum atomic E-state index is 9.73. The average Bonchev–Trinajstić information content (AvgIpc) is 3.87. The fourth-order valence-corrected chi connectivity index (χ4v) is 8.70. The molecule has 0 unspecified atom stereocenters. The summed E-state index contributed by atoms with van der Waals surface area (Å²) in [6, 6.07) is 44.2. The number of para-hydroxylation sites is 2. The molecule has 11 rings (SSSR count). The van der Waals surface area contributed by atoms with Gasteiger partial charge in [-0.05, 0) is 47.5 Å². The summed E-state index contributed by atoms with van der Waals surface area (Å²) in [5, 5.41) is 2.59. The SMILES string of the molecule is [2H]c1cc([2H])c(-c2c([2H])cc([2H])c3sc4c(-c5cc(-c6nc(-c7ccccc7)nc(-c7ccccc7)n6)ccc5-n5c6ccccc6c6ccccc65)c([2H])c([2H])c([2H])c4c23)c([2H])c1. The van der Waals surface area contributed by atoms with Gasteiger partial charge in [-0.1, -0.05) is 158 Å². The lowest BCUT2D eigenvalue weighted by Crippen LogP contribution is -2.02. The maximum Gasteiger partial charge on any atom is 0.164 e. The van der Waals surface area contributed by atoms with E-state index in [1.54, 1.807) is 0 Å². The molecular weight excluding hydrogens is 701 g/mol. The Morgan fingerprint density at radius 3 is 1.70 bits per heavy atom. The van der Waals surface area contributed by atoms with Gasteiger partial charge in [-0.2, -0.15) is 0 Å². The lowest BCUT2D eigenvalue weighted by molar-refractivity contribution is 1.07. The minimum Gasteiger partial charge on any atom is -0.309 e. The van der Waals surface area contributed by atoms with Crippen molar-refractivity contribution in [2.75, 3.05) is 0 Å². The second-order valence-corrected chi connectivity index (χ2v) is 14.3. The summed E-state index contributed by atoms with van der Waals surface area (Å²) >= 11 is 1.19. The van der Waals surface area contributed by atoms with E-state index in [-0.39, 0.29) is 64.9 Å². The van der Waals surface area contributed by atoms with E-state index >= 15 is 0 Å². The molecule has 4 nitrogen and oxygen atoms in total. The summed E-state index contributed by atoms with van der Waals surface area (Å²) in [7, 11) is 0. The summed E-state index contributed by atoms with van der Waals surface area (Å²) in [6.45, 7) is 0. The summed E-state index contributed by atoms with van der Waals surface area (Å²) in [4.78, 5) is 15.0. The number of hydrogen-bond donors (Lipinski definition) is 0. The van der Waals surface area contributed by atoms with Crippen molar-refractivity contribution in [2.45, 2.75) is 0 Å². The molecule has 0 fully saturated rings. The molecule has 0 atom stereocenters. The molecule has 0 aliphatic rings. The van der Waals surface area contributed by atoms with Crippen LogP contribution in [0.5, 0.6) is 0 Å². The summed E-state index contributed by atoms with van der Waals surface area (Å²) in [5.41, 5.74) is 5.88. The van der Waals surface area contributed by atoms with Crippen LogP contribution < -0.4 is 0 Å². The molecule has 0 spiro atoms. The maximum absolute atomic E-state index is 9.73. The molecule has 262 valence electrons. The van der Waals surface area contributed by atoms with E-state index < -0.39 is 0 Å². The molecule has 11 aromatic rings. The van der Waals surface area contributed by atoms with Gasteiger partial charge in [-0.25, -0.2) is 15.0 Å². The normalized spacial score (nSPS) is 13.6. The zero-order chi connectivity index (χ0) is 44.0. The Kier molecular flexibility index (Phi) is 5.92. The highest BCUT2D eigenvalue weighted by atomic mass is 32.1. The summed E-state index contributed by atoms with van der Waals surface area (Å²) in [6.07, 6.45) is 0. The third-order valence-electron chi connectivity index (χ3n) is 10.1. The topological polar surface area (TPSA) is 43.6 Å². The van der Waals surface area contributed by atoms with Gasteiger partial charge < -0.3 is 4.57 Å². The molecule has 3 aromatic heterocycles. The summed E-state index contributed by atoms with van der Waals surface area (Å²) < 4.78 is 75.7. The largest absolute Gasteiger partial charge is 0.309 e. The van der Waals surface area contributed by atoms with Crippen LogP contribution in [0.25, 0.3) is 104 Å². The van der Waals surface area contributed by atoms with E-state index in [1.165, 1.54) is 29.5 Å². The number of nitrogens with zero attached hydrogens (tertiary/aromatic N) is 4. The van der Waals surface area contributed by atoms with Crippen LogP contribution in [0.15, 0.2) is 194 Å². The van der Waals surface area contributed by atoms with Crippen LogP contribution in [0.1, 0.15) is 11.0 Å². The quantitative estimate of drug-likeness (QED) is 0.170. The minimum absolute atomic E-state index is 0.00646. The lowest BCUT2D eigenvalue weighted by atomic mass is 9.96. The molecule has 0 aliphatic heterocycles. The van der Waals surface area contributed by atoms with Gasteiger partial charge in [-0.15, -0.1) is 11.3 Å². The second kappa shape index (κ2) is 13.3. The number of rotatable bonds is 6. The fraction of sp³-hybridized carbons (Fsp3) is 0. The first-order valence-electron chi connectivity index (χ1n) is 22.1. The van der Waals surface area contributed by atoms with Crippen molar-refractivity contribution in [3.05, 3.63) is 194 Å². The first-order chi connectivity index (χ1) is 31.1. The molecular formula is C51H32N4S. The number of fused-ring (bicyclic) bond motifs is 6. The zero-order valence-corrected chi connectivity index (χ0v) is 30.4. The molecule has 0 saturated carbocycles. The molecule has 0 radical (unpaired) electrons. The molecule has 8 aromatic carbocycles. The van der Waals surface area contributed by atoms with Gasteiger partial charge in [0, 0.05) is 58.8 Å². The molecule has 56 heavy (non-hydrogen) atoms. The predicted molar refractivity (Wildman–Crippen MR) is 234 cm³/mol. The monoisotopic (exact) mass is 740 g/mol. The van der Waals surface area contributed by atoms with Crippen molar-refractivity contribution in [3.63, 3.8) is 0 Å². The van der Waals surface area contributed by atoms with Gasteiger partial charge in [-0.3, -0.25) is 0 Å². The van der Waals surface area contributed by atoms with Crippen LogP contribution in [-0.4, -0.2) is 19.5 Å². The van der Waals surface area contributed by atoms with Crippen molar-refractivity contribution >= 4 is 53.3 Å². The predicted octanol–water partition coefficient (Wildman–Crippen LogP) is 13.7. The third-order valence-corrected chi connectivity index (χ3v) is 11.2. The Labute approximate surface area is 338 Å². The highest BCUT2D eigenvalue weighted by molar-refractivity contribution is 7.26. The van der Waals surface area contributed by atoms with Gasteiger partial charge in [0.05, 0.1) is 27.7 Å². The Morgan fingerprint density at radius 1 is 0.429 bits per heavy atom. The Hall–Kier alpha value is -7.21. The van der Waals surface area contributed by atoms with Crippen LogP contribution in [0.2, 0.25) is 0 Å². The van der Waals surface area contributed by atoms with E-state index in [0.717, 1.165) is 32.9 Å². The molecule has 5 heteroatoms. The molecule has 0 bridgehead atoms. The number of aromatic nitrogens is 4. The highest BCUT2D eigenvalue weighted by Gasteiger charge is 2.21. The van der Waals surface area contributed by atoms with Crippen molar-refractivity contribution in [3.8, 4) is 62.1 Å². The Morgan fingerprint density at radius 2 is 1.04 bits per heavy atom. The van der Waals surface area contributed by atoms with Crippen LogP contribution in [-0.2, 0) is 0 Å². The fourth-order valence-electron chi connectivity index (χ4n) is 7.56. The van der Waals surface area contributed by atoms with Gasteiger partial charge in [0.15, 0.2) is 17.5 Å². The van der Waals surface area contributed by atoms with Crippen LogP contribution in [0.4, 0.5) is 0 Å². The molecule has 0 saturated heterocycles. The highest BCUT2D eigenvalue weighted by Crippen LogP contribution is 2.46. The molecule has 0 N–H and O–H groups in total. The number of benzene rings is 8. The number of thiophene rings is 1.